The molecule has 0 spiro atoms. The zero-order chi connectivity index (χ0) is 17.2. The first-order valence-corrected chi connectivity index (χ1v) is 7.95. The van der Waals surface area contributed by atoms with Crippen molar-refractivity contribution in [3.8, 4) is 0 Å². The van der Waals surface area contributed by atoms with Crippen molar-refractivity contribution in [1.82, 2.24) is 0 Å². The van der Waals surface area contributed by atoms with E-state index in [2.05, 4.69) is 0 Å². The lowest BCUT2D eigenvalue weighted by Crippen LogP contribution is -2.17. The van der Waals surface area contributed by atoms with Crippen LogP contribution in [0.4, 0.5) is 4.79 Å². The molecule has 1 aromatic rings. The highest BCUT2D eigenvalue weighted by Crippen LogP contribution is 2.09. The molecule has 1 unspecified atom stereocenters. The van der Waals surface area contributed by atoms with Crippen molar-refractivity contribution < 1.29 is 23.8 Å². The Morgan fingerprint density at radius 2 is 1.70 bits per heavy atom. The van der Waals surface area contributed by atoms with Crippen molar-refractivity contribution in [3.63, 3.8) is 0 Å². The first kappa shape index (κ1) is 19.0. The average molecular weight is 322 g/mol. The molecular weight excluding hydrogens is 296 g/mol. The molecule has 1 atom stereocenters. The molecule has 1 rings (SSSR count). The Kier molecular flexibility index (Phi) is 8.16. The zero-order valence-corrected chi connectivity index (χ0v) is 14.3. The standard InChI is InChI=1S/C18H26O5/c1-13(2)12-22-18(20)21-11-5-6-15(4)23-17(19)16-9-7-14(3)8-10-16/h7-10,13,15H,5-6,11-12H2,1-4H3. The van der Waals surface area contributed by atoms with E-state index in [4.69, 9.17) is 14.2 Å². The molecule has 0 aliphatic rings. The first-order chi connectivity index (χ1) is 10.9. The summed E-state index contributed by atoms with van der Waals surface area (Å²) in [6.45, 7) is 8.30. The number of hydrogen-bond donors (Lipinski definition) is 0. The third-order valence-electron chi connectivity index (χ3n) is 3.10. The van der Waals surface area contributed by atoms with Gasteiger partial charge in [-0.3, -0.25) is 0 Å². The second-order valence-corrected chi connectivity index (χ2v) is 6.03. The summed E-state index contributed by atoms with van der Waals surface area (Å²) in [4.78, 5) is 23.2. The van der Waals surface area contributed by atoms with E-state index in [1.807, 2.05) is 39.8 Å². The number of esters is 1. The van der Waals surface area contributed by atoms with Crippen LogP contribution in [-0.4, -0.2) is 31.4 Å². The van der Waals surface area contributed by atoms with Crippen LogP contribution in [0.3, 0.4) is 0 Å². The van der Waals surface area contributed by atoms with Gasteiger partial charge >= 0.3 is 12.1 Å². The number of carbonyl (C=O) groups excluding carboxylic acids is 2. The highest BCUT2D eigenvalue weighted by atomic mass is 16.7. The normalized spacial score (nSPS) is 11.9. The highest BCUT2D eigenvalue weighted by Gasteiger charge is 2.12. The van der Waals surface area contributed by atoms with Gasteiger partial charge in [0.25, 0.3) is 0 Å². The maximum atomic E-state index is 11.9. The van der Waals surface area contributed by atoms with E-state index in [1.165, 1.54) is 0 Å². The molecule has 0 fully saturated rings. The maximum Gasteiger partial charge on any atom is 0.508 e. The van der Waals surface area contributed by atoms with Gasteiger partial charge in [0.05, 0.1) is 24.9 Å². The summed E-state index contributed by atoms with van der Waals surface area (Å²) in [5.41, 5.74) is 1.63. The molecule has 0 heterocycles. The van der Waals surface area contributed by atoms with E-state index in [1.54, 1.807) is 12.1 Å². The number of rotatable bonds is 8. The third-order valence-corrected chi connectivity index (χ3v) is 3.10. The smallest absolute Gasteiger partial charge is 0.459 e. The largest absolute Gasteiger partial charge is 0.508 e. The molecule has 0 saturated heterocycles. The van der Waals surface area contributed by atoms with Crippen molar-refractivity contribution in [2.45, 2.75) is 46.6 Å². The zero-order valence-electron chi connectivity index (χ0n) is 14.3. The second kappa shape index (κ2) is 9.87. The summed E-state index contributed by atoms with van der Waals surface area (Å²) in [6, 6.07) is 7.24. The van der Waals surface area contributed by atoms with Crippen molar-refractivity contribution >= 4 is 12.1 Å². The van der Waals surface area contributed by atoms with E-state index < -0.39 is 6.16 Å². The summed E-state index contributed by atoms with van der Waals surface area (Å²) < 4.78 is 15.2. The lowest BCUT2D eigenvalue weighted by atomic mass is 10.1. The van der Waals surface area contributed by atoms with Gasteiger partial charge in [-0.15, -0.1) is 0 Å². The minimum Gasteiger partial charge on any atom is -0.459 e. The van der Waals surface area contributed by atoms with Crippen molar-refractivity contribution in [2.75, 3.05) is 13.2 Å². The number of carbonyl (C=O) groups is 2. The van der Waals surface area contributed by atoms with Gasteiger partial charge in [0.15, 0.2) is 0 Å². The average Bonchev–Trinajstić information content (AvgIpc) is 2.50. The molecule has 5 nitrogen and oxygen atoms in total. The van der Waals surface area contributed by atoms with E-state index in [0.717, 1.165) is 5.56 Å². The molecule has 128 valence electrons. The van der Waals surface area contributed by atoms with Crippen LogP contribution in [0.15, 0.2) is 24.3 Å². The Morgan fingerprint density at radius 1 is 1.04 bits per heavy atom. The number of ether oxygens (including phenoxy) is 3. The van der Waals surface area contributed by atoms with Gasteiger partial charge in [-0.25, -0.2) is 9.59 Å². The van der Waals surface area contributed by atoms with Crippen molar-refractivity contribution in [1.29, 1.82) is 0 Å². The number of hydrogen-bond acceptors (Lipinski definition) is 5. The van der Waals surface area contributed by atoms with Gasteiger partial charge in [0.2, 0.25) is 0 Å². The van der Waals surface area contributed by atoms with E-state index in [-0.39, 0.29) is 24.6 Å². The van der Waals surface area contributed by atoms with Crippen LogP contribution in [0.25, 0.3) is 0 Å². The van der Waals surface area contributed by atoms with Crippen LogP contribution in [-0.2, 0) is 14.2 Å². The Balaban J connectivity index is 2.19. The van der Waals surface area contributed by atoms with Crippen LogP contribution in [0.5, 0.6) is 0 Å². The molecule has 0 N–H and O–H groups in total. The summed E-state index contributed by atoms with van der Waals surface area (Å²) >= 11 is 0. The molecule has 0 radical (unpaired) electrons. The Bertz CT molecular complexity index is 493. The number of benzene rings is 1. The molecule has 5 heteroatoms. The monoisotopic (exact) mass is 322 g/mol. The summed E-state index contributed by atoms with van der Waals surface area (Å²) in [5.74, 6) is -0.0569. The van der Waals surface area contributed by atoms with Crippen molar-refractivity contribution in [3.05, 3.63) is 35.4 Å². The molecule has 23 heavy (non-hydrogen) atoms. The van der Waals surface area contributed by atoms with Crippen LogP contribution < -0.4 is 0 Å². The van der Waals surface area contributed by atoms with Gasteiger partial charge in [0, 0.05) is 0 Å². The fraction of sp³-hybridized carbons (Fsp3) is 0.556. The maximum absolute atomic E-state index is 11.9. The molecule has 0 aliphatic heterocycles. The molecular formula is C18H26O5. The van der Waals surface area contributed by atoms with Crippen LogP contribution in [0.1, 0.15) is 49.5 Å². The van der Waals surface area contributed by atoms with Gasteiger partial charge in [-0.05, 0) is 44.7 Å². The van der Waals surface area contributed by atoms with Crippen molar-refractivity contribution in [2.24, 2.45) is 5.92 Å². The highest BCUT2D eigenvalue weighted by molar-refractivity contribution is 5.89. The van der Waals surface area contributed by atoms with Gasteiger partial charge in [0.1, 0.15) is 0 Å². The second-order valence-electron chi connectivity index (χ2n) is 6.03. The lowest BCUT2D eigenvalue weighted by molar-refractivity contribution is 0.0260. The van der Waals surface area contributed by atoms with E-state index in [9.17, 15) is 9.59 Å². The third kappa shape index (κ3) is 8.24. The Labute approximate surface area is 137 Å². The first-order valence-electron chi connectivity index (χ1n) is 7.95. The van der Waals surface area contributed by atoms with E-state index in [0.29, 0.717) is 25.0 Å². The van der Waals surface area contributed by atoms with Gasteiger partial charge < -0.3 is 14.2 Å². The molecule has 0 aromatic heterocycles. The predicted molar refractivity (Wildman–Crippen MR) is 87.4 cm³/mol. The predicted octanol–water partition coefficient (Wildman–Crippen LogP) is 4.13. The number of aryl methyl sites for hydroxylation is 1. The molecule has 0 aliphatic carbocycles. The van der Waals surface area contributed by atoms with Crippen LogP contribution in [0, 0.1) is 12.8 Å². The molecule has 0 bridgehead atoms. The molecule has 0 amide bonds. The van der Waals surface area contributed by atoms with E-state index >= 15 is 0 Å². The van der Waals surface area contributed by atoms with Crippen LogP contribution >= 0.6 is 0 Å². The minimum atomic E-state index is -0.650. The molecule has 0 saturated carbocycles. The Morgan fingerprint density at radius 3 is 2.30 bits per heavy atom. The Hall–Kier alpha value is -2.04. The summed E-state index contributed by atoms with van der Waals surface area (Å²) in [6.07, 6.45) is 0.343. The molecule has 1 aromatic carbocycles. The quantitative estimate of drug-likeness (QED) is 0.532. The summed E-state index contributed by atoms with van der Waals surface area (Å²) in [5, 5.41) is 0. The fourth-order valence-corrected chi connectivity index (χ4v) is 1.80. The topological polar surface area (TPSA) is 61.8 Å². The fourth-order valence-electron chi connectivity index (χ4n) is 1.80. The minimum absolute atomic E-state index is 0.237. The van der Waals surface area contributed by atoms with Crippen LogP contribution in [0.2, 0.25) is 0 Å². The lowest BCUT2D eigenvalue weighted by Gasteiger charge is -2.13. The van der Waals surface area contributed by atoms with Gasteiger partial charge in [-0.2, -0.15) is 0 Å². The SMILES string of the molecule is Cc1ccc(C(=O)OC(C)CCCOC(=O)OCC(C)C)cc1. The van der Waals surface area contributed by atoms with Gasteiger partial charge in [-0.1, -0.05) is 31.5 Å². The summed E-state index contributed by atoms with van der Waals surface area (Å²) in [7, 11) is 0.